The van der Waals surface area contributed by atoms with Gasteiger partial charge in [-0.3, -0.25) is 4.79 Å². The second-order valence-electron chi connectivity index (χ2n) is 7.02. The average Bonchev–Trinajstić information content (AvgIpc) is 2.74. The number of carbonyl (C=O) groups is 1. The molecule has 0 amide bonds. The molecular weight excluding hydrogens is 377 g/mol. The smallest absolute Gasteiger partial charge is 0.194 e. The first-order valence-corrected chi connectivity index (χ1v) is 10.5. The Morgan fingerprint density at radius 3 is 2.64 bits per heavy atom. The van der Waals surface area contributed by atoms with Crippen molar-refractivity contribution in [1.82, 2.24) is 0 Å². The molecule has 150 valence electrons. The molecular formula is C22H26FNO3S. The molecule has 2 aromatic carbocycles. The predicted molar refractivity (Wildman–Crippen MR) is 112 cm³/mol. The number of rotatable bonds is 11. The number of nitroso groups, excluding NO2 is 1. The van der Waals surface area contributed by atoms with Gasteiger partial charge in [-0.05, 0) is 48.4 Å². The molecule has 2 rings (SSSR count). The van der Waals surface area contributed by atoms with Gasteiger partial charge in [-0.25, -0.2) is 4.39 Å². The highest BCUT2D eigenvalue weighted by Gasteiger charge is 2.28. The highest BCUT2D eigenvalue weighted by Crippen LogP contribution is 2.37. The van der Waals surface area contributed by atoms with Crippen LogP contribution in [0.15, 0.2) is 52.5 Å². The van der Waals surface area contributed by atoms with Crippen LogP contribution in [0.5, 0.6) is 0 Å². The number of unbranched alkanes of at least 4 members (excludes halogenated alkanes) is 1. The Hall–Kier alpha value is -2.05. The Balaban J connectivity index is 2.31. The molecule has 0 aliphatic carbocycles. The standard InChI is InChI=1S/C22H26FNO3S/c1-3-5-11-22(4-2,14-25)15-28-20-10-9-17(23)13-19(20)21(26)16-7-6-8-18(12-16)24-27/h6-10,12-13,25H,3-5,11,14-15H2,1-2H3/t22-/m1/s1. The number of halogens is 1. The zero-order valence-corrected chi connectivity index (χ0v) is 17.1. The molecule has 0 unspecified atom stereocenters. The normalized spacial score (nSPS) is 13.1. The largest absolute Gasteiger partial charge is 0.396 e. The average molecular weight is 404 g/mol. The van der Waals surface area contributed by atoms with Crippen molar-refractivity contribution < 1.29 is 14.3 Å². The Kier molecular flexibility index (Phi) is 8.33. The van der Waals surface area contributed by atoms with Gasteiger partial charge in [0.05, 0.1) is 0 Å². The molecule has 0 spiro atoms. The second-order valence-corrected chi connectivity index (χ2v) is 8.03. The maximum atomic E-state index is 13.9. The van der Waals surface area contributed by atoms with Crippen LogP contribution in [0, 0.1) is 16.1 Å². The van der Waals surface area contributed by atoms with Crippen LogP contribution in [0.3, 0.4) is 0 Å². The summed E-state index contributed by atoms with van der Waals surface area (Å²) in [5, 5.41) is 12.8. The third-order valence-electron chi connectivity index (χ3n) is 5.08. The van der Waals surface area contributed by atoms with Gasteiger partial charge in [-0.1, -0.05) is 38.8 Å². The van der Waals surface area contributed by atoms with Gasteiger partial charge >= 0.3 is 0 Å². The van der Waals surface area contributed by atoms with Crippen molar-refractivity contribution in [2.45, 2.75) is 44.4 Å². The summed E-state index contributed by atoms with van der Waals surface area (Å²) in [6.45, 7) is 4.25. The van der Waals surface area contributed by atoms with Crippen LogP contribution in [0.1, 0.15) is 55.5 Å². The third-order valence-corrected chi connectivity index (χ3v) is 6.50. The Morgan fingerprint density at radius 1 is 1.21 bits per heavy atom. The highest BCUT2D eigenvalue weighted by atomic mass is 32.2. The molecule has 6 heteroatoms. The van der Waals surface area contributed by atoms with E-state index in [1.54, 1.807) is 18.2 Å². The van der Waals surface area contributed by atoms with Gasteiger partial charge in [0.1, 0.15) is 11.5 Å². The fourth-order valence-electron chi connectivity index (χ4n) is 3.04. The second kappa shape index (κ2) is 10.5. The number of carbonyl (C=O) groups excluding carboxylic acids is 1. The molecule has 0 heterocycles. The van der Waals surface area contributed by atoms with Gasteiger partial charge in [0.25, 0.3) is 0 Å². The summed E-state index contributed by atoms with van der Waals surface area (Å²) in [4.78, 5) is 24.4. The molecule has 0 saturated carbocycles. The highest BCUT2D eigenvalue weighted by molar-refractivity contribution is 7.99. The summed E-state index contributed by atoms with van der Waals surface area (Å²) < 4.78 is 13.9. The minimum Gasteiger partial charge on any atom is -0.396 e. The van der Waals surface area contributed by atoms with Gasteiger partial charge in [0, 0.05) is 33.8 Å². The molecule has 0 fully saturated rings. The molecule has 0 aromatic heterocycles. The molecule has 1 atom stereocenters. The van der Waals surface area contributed by atoms with E-state index < -0.39 is 5.82 Å². The van der Waals surface area contributed by atoms with Gasteiger partial charge < -0.3 is 5.11 Å². The van der Waals surface area contributed by atoms with Crippen LogP contribution in [0.25, 0.3) is 0 Å². The lowest BCUT2D eigenvalue weighted by atomic mass is 9.83. The third kappa shape index (κ3) is 5.49. The molecule has 28 heavy (non-hydrogen) atoms. The molecule has 2 aromatic rings. The van der Waals surface area contributed by atoms with Crippen molar-refractivity contribution >= 4 is 23.2 Å². The van der Waals surface area contributed by atoms with E-state index in [1.807, 2.05) is 0 Å². The lowest BCUT2D eigenvalue weighted by Crippen LogP contribution is -2.27. The molecule has 0 radical (unpaired) electrons. The zero-order chi connectivity index (χ0) is 20.6. The Bertz CT molecular complexity index is 821. The van der Waals surface area contributed by atoms with Crippen LogP contribution in [0.2, 0.25) is 0 Å². The van der Waals surface area contributed by atoms with Crippen molar-refractivity contribution in [1.29, 1.82) is 0 Å². The Labute approximate surface area is 169 Å². The first kappa shape index (κ1) is 22.2. The van der Waals surface area contributed by atoms with Crippen molar-refractivity contribution in [3.05, 3.63) is 64.3 Å². The fourth-order valence-corrected chi connectivity index (χ4v) is 4.41. The number of ketones is 1. The van der Waals surface area contributed by atoms with Crippen molar-refractivity contribution in [2.24, 2.45) is 10.6 Å². The van der Waals surface area contributed by atoms with E-state index in [-0.39, 0.29) is 29.1 Å². The number of benzene rings is 2. The summed E-state index contributed by atoms with van der Waals surface area (Å²) in [6, 6.07) is 10.2. The number of aliphatic hydroxyl groups excluding tert-OH is 1. The van der Waals surface area contributed by atoms with Crippen molar-refractivity contribution in [3.63, 3.8) is 0 Å². The van der Waals surface area contributed by atoms with E-state index in [4.69, 9.17) is 0 Å². The van der Waals surface area contributed by atoms with E-state index in [9.17, 15) is 19.2 Å². The number of aliphatic hydroxyl groups is 1. The molecule has 0 aliphatic rings. The summed E-state index contributed by atoms with van der Waals surface area (Å²) in [6.07, 6.45) is 3.80. The van der Waals surface area contributed by atoms with Crippen molar-refractivity contribution in [2.75, 3.05) is 12.4 Å². The van der Waals surface area contributed by atoms with E-state index in [2.05, 4.69) is 19.0 Å². The number of nitrogens with zero attached hydrogens (tertiary/aromatic N) is 1. The van der Waals surface area contributed by atoms with Crippen LogP contribution < -0.4 is 0 Å². The fraction of sp³-hybridized carbons (Fsp3) is 0.409. The minimum atomic E-state index is -0.493. The Morgan fingerprint density at radius 2 is 2.00 bits per heavy atom. The summed E-state index contributed by atoms with van der Waals surface area (Å²) in [7, 11) is 0. The topological polar surface area (TPSA) is 66.7 Å². The van der Waals surface area contributed by atoms with E-state index in [0.29, 0.717) is 16.2 Å². The van der Waals surface area contributed by atoms with Gasteiger partial charge in [-0.2, -0.15) is 0 Å². The van der Waals surface area contributed by atoms with E-state index in [0.717, 1.165) is 25.7 Å². The minimum absolute atomic E-state index is 0.0774. The van der Waals surface area contributed by atoms with E-state index in [1.165, 1.54) is 36.0 Å². The van der Waals surface area contributed by atoms with Crippen LogP contribution in [-0.4, -0.2) is 23.2 Å². The molecule has 1 N–H and O–H groups in total. The van der Waals surface area contributed by atoms with Crippen LogP contribution >= 0.6 is 11.8 Å². The quantitative estimate of drug-likeness (QED) is 0.279. The lowest BCUT2D eigenvalue weighted by molar-refractivity contribution is 0.103. The number of hydrogen-bond acceptors (Lipinski definition) is 5. The first-order valence-electron chi connectivity index (χ1n) is 9.50. The molecule has 4 nitrogen and oxygen atoms in total. The SMILES string of the molecule is CCCC[C@](CC)(CO)CSc1ccc(F)cc1C(=O)c1cccc(N=O)c1. The first-order chi connectivity index (χ1) is 13.5. The van der Waals surface area contributed by atoms with Crippen molar-refractivity contribution in [3.8, 4) is 0 Å². The summed E-state index contributed by atoms with van der Waals surface area (Å²) >= 11 is 1.46. The number of hydrogen-bond donors (Lipinski definition) is 1. The summed E-state index contributed by atoms with van der Waals surface area (Å²) in [5.74, 6) is -0.207. The molecule has 0 saturated heterocycles. The maximum Gasteiger partial charge on any atom is 0.194 e. The lowest BCUT2D eigenvalue weighted by Gasteiger charge is -2.30. The van der Waals surface area contributed by atoms with Gasteiger partial charge in [0.2, 0.25) is 0 Å². The molecule has 0 aliphatic heterocycles. The molecule has 0 bridgehead atoms. The van der Waals surface area contributed by atoms with Crippen LogP contribution in [-0.2, 0) is 0 Å². The zero-order valence-electron chi connectivity index (χ0n) is 16.3. The maximum absolute atomic E-state index is 13.9. The monoisotopic (exact) mass is 403 g/mol. The number of thioether (sulfide) groups is 1. The predicted octanol–water partition coefficient (Wildman–Crippen LogP) is 6.13. The van der Waals surface area contributed by atoms with E-state index >= 15 is 0 Å². The summed E-state index contributed by atoms with van der Waals surface area (Å²) in [5.41, 5.74) is 0.476. The van der Waals surface area contributed by atoms with Crippen LogP contribution in [0.4, 0.5) is 10.1 Å². The van der Waals surface area contributed by atoms with Gasteiger partial charge in [0.15, 0.2) is 5.78 Å². The van der Waals surface area contributed by atoms with Gasteiger partial charge in [-0.15, -0.1) is 16.7 Å².